The Morgan fingerprint density at radius 2 is 2.11 bits per heavy atom. The number of fused-ring (bicyclic) bond motifs is 1. The van der Waals surface area contributed by atoms with Crippen LogP contribution in [-0.4, -0.2) is 20.6 Å². The van der Waals surface area contributed by atoms with Gasteiger partial charge >= 0.3 is 11.7 Å². The first-order chi connectivity index (χ1) is 8.91. The molecule has 2 N–H and O–H groups in total. The zero-order valence-electron chi connectivity index (χ0n) is 10.9. The fraction of sp³-hybridized carbons (Fsp3) is 0.429. The van der Waals surface area contributed by atoms with Gasteiger partial charge in [-0.05, 0) is 50.8 Å². The molecule has 1 aliphatic carbocycles. The smallest absolute Gasteiger partial charge is 0.335 e. The molecule has 0 unspecified atom stereocenters. The molecule has 2 aromatic rings. The molecule has 0 radical (unpaired) electrons. The summed E-state index contributed by atoms with van der Waals surface area (Å²) in [6, 6.07) is 4.73. The molecular weight excluding hydrogens is 244 g/mol. The summed E-state index contributed by atoms with van der Waals surface area (Å²) in [5, 5.41) is 9.07. The lowest BCUT2D eigenvalue weighted by Crippen LogP contribution is -2.36. The predicted octanol–water partition coefficient (Wildman–Crippen LogP) is 2.17. The van der Waals surface area contributed by atoms with Crippen LogP contribution in [0.25, 0.3) is 11.0 Å². The predicted molar refractivity (Wildman–Crippen MR) is 71.6 cm³/mol. The average molecular weight is 260 g/mol. The summed E-state index contributed by atoms with van der Waals surface area (Å²) < 4.78 is 1.70. The first-order valence-electron chi connectivity index (χ1n) is 6.40. The molecule has 0 spiro atoms. The number of carboxylic acid groups (broad SMARTS) is 1. The second-order valence-electron chi connectivity index (χ2n) is 5.73. The van der Waals surface area contributed by atoms with Crippen molar-refractivity contribution in [3.63, 3.8) is 0 Å². The number of carboxylic acids is 1. The molecule has 1 aromatic carbocycles. The van der Waals surface area contributed by atoms with Crippen LogP contribution in [0.3, 0.4) is 0 Å². The van der Waals surface area contributed by atoms with Gasteiger partial charge in [0, 0.05) is 5.54 Å². The normalized spacial score (nSPS) is 15.9. The van der Waals surface area contributed by atoms with Gasteiger partial charge in [0.05, 0.1) is 16.6 Å². The topological polar surface area (TPSA) is 75.1 Å². The van der Waals surface area contributed by atoms with Crippen molar-refractivity contribution in [2.45, 2.75) is 32.2 Å². The van der Waals surface area contributed by atoms with E-state index in [1.54, 1.807) is 16.7 Å². The molecule has 3 rings (SSSR count). The molecule has 100 valence electrons. The largest absolute Gasteiger partial charge is 0.478 e. The summed E-state index contributed by atoms with van der Waals surface area (Å²) >= 11 is 0. The molecular formula is C14H16N2O3. The van der Waals surface area contributed by atoms with E-state index in [0.717, 1.165) is 12.8 Å². The monoisotopic (exact) mass is 260 g/mol. The number of H-pyrrole nitrogens is 1. The lowest BCUT2D eigenvalue weighted by molar-refractivity contribution is 0.0697. The van der Waals surface area contributed by atoms with Crippen molar-refractivity contribution in [2.24, 2.45) is 5.92 Å². The Kier molecular flexibility index (Phi) is 2.36. The van der Waals surface area contributed by atoms with Crippen molar-refractivity contribution in [1.82, 2.24) is 9.55 Å². The molecule has 0 amide bonds. The Bertz CT molecular complexity index is 720. The van der Waals surface area contributed by atoms with E-state index < -0.39 is 5.97 Å². The summed E-state index contributed by atoms with van der Waals surface area (Å²) in [4.78, 5) is 26.0. The number of rotatable bonds is 3. The number of aromatic carboxylic acids is 1. The molecule has 0 bridgehead atoms. The first kappa shape index (κ1) is 12.0. The van der Waals surface area contributed by atoms with Crippen LogP contribution in [0.1, 0.15) is 37.0 Å². The number of aromatic nitrogens is 2. The third-order valence-electron chi connectivity index (χ3n) is 4.08. The number of hydrogen-bond donors (Lipinski definition) is 2. The van der Waals surface area contributed by atoms with E-state index in [1.165, 1.54) is 6.07 Å². The molecule has 5 heteroatoms. The van der Waals surface area contributed by atoms with Crippen molar-refractivity contribution in [3.8, 4) is 0 Å². The maximum Gasteiger partial charge on any atom is 0.335 e. The molecule has 0 aliphatic heterocycles. The van der Waals surface area contributed by atoms with Gasteiger partial charge in [0.1, 0.15) is 0 Å². The van der Waals surface area contributed by atoms with Crippen LogP contribution < -0.4 is 5.69 Å². The lowest BCUT2D eigenvalue weighted by Gasteiger charge is -2.26. The van der Waals surface area contributed by atoms with Gasteiger partial charge < -0.3 is 10.1 Å². The maximum absolute atomic E-state index is 12.2. The van der Waals surface area contributed by atoms with Crippen molar-refractivity contribution in [1.29, 1.82) is 0 Å². The summed E-state index contributed by atoms with van der Waals surface area (Å²) in [5.74, 6) is -0.496. The maximum atomic E-state index is 12.2. The van der Waals surface area contributed by atoms with Gasteiger partial charge in [0.15, 0.2) is 0 Å². The number of carbonyl (C=O) groups is 1. The van der Waals surface area contributed by atoms with Gasteiger partial charge in [-0.3, -0.25) is 4.57 Å². The van der Waals surface area contributed by atoms with Crippen molar-refractivity contribution < 1.29 is 9.90 Å². The van der Waals surface area contributed by atoms with Gasteiger partial charge in [0.2, 0.25) is 0 Å². The highest BCUT2D eigenvalue weighted by atomic mass is 16.4. The second kappa shape index (κ2) is 3.73. The Hall–Kier alpha value is -2.04. The summed E-state index contributed by atoms with van der Waals surface area (Å²) in [6.07, 6.45) is 2.23. The molecule has 19 heavy (non-hydrogen) atoms. The van der Waals surface area contributed by atoms with Crippen LogP contribution in [0.5, 0.6) is 0 Å². The molecule has 1 heterocycles. The summed E-state index contributed by atoms with van der Waals surface area (Å²) in [5.41, 5.74) is 1.10. The number of benzene rings is 1. The minimum absolute atomic E-state index is 0.172. The Morgan fingerprint density at radius 3 is 2.68 bits per heavy atom. The van der Waals surface area contributed by atoms with Crippen molar-refractivity contribution in [2.75, 3.05) is 0 Å². The molecule has 5 nitrogen and oxygen atoms in total. The Labute approximate surface area is 109 Å². The van der Waals surface area contributed by atoms with E-state index in [1.807, 2.05) is 13.8 Å². The van der Waals surface area contributed by atoms with E-state index in [4.69, 9.17) is 5.11 Å². The minimum atomic E-state index is -0.980. The fourth-order valence-electron chi connectivity index (χ4n) is 2.78. The van der Waals surface area contributed by atoms with Crippen LogP contribution in [0.15, 0.2) is 23.0 Å². The highest BCUT2D eigenvalue weighted by molar-refractivity contribution is 5.92. The molecule has 1 fully saturated rings. The third-order valence-corrected chi connectivity index (χ3v) is 4.08. The van der Waals surface area contributed by atoms with Gasteiger partial charge in [-0.15, -0.1) is 0 Å². The summed E-state index contributed by atoms with van der Waals surface area (Å²) in [7, 11) is 0. The quantitative estimate of drug-likeness (QED) is 0.888. The van der Waals surface area contributed by atoms with E-state index in [-0.39, 0.29) is 16.8 Å². The van der Waals surface area contributed by atoms with Crippen LogP contribution >= 0.6 is 0 Å². The van der Waals surface area contributed by atoms with Gasteiger partial charge in [-0.2, -0.15) is 0 Å². The van der Waals surface area contributed by atoms with E-state index in [2.05, 4.69) is 4.98 Å². The standard InChI is InChI=1S/C14H16N2O3/c1-14(2,9-4-5-9)16-11-7-8(12(17)18)3-6-10(11)15-13(16)19/h3,6-7,9H,4-5H2,1-2H3,(H,15,19)(H,17,18). The highest BCUT2D eigenvalue weighted by Gasteiger charge is 2.40. The number of nitrogens with one attached hydrogen (secondary N) is 1. The Balaban J connectivity index is 2.28. The van der Waals surface area contributed by atoms with Crippen molar-refractivity contribution >= 4 is 17.0 Å². The number of imidazole rings is 1. The first-order valence-corrected chi connectivity index (χ1v) is 6.40. The van der Waals surface area contributed by atoms with E-state index in [9.17, 15) is 9.59 Å². The van der Waals surface area contributed by atoms with E-state index in [0.29, 0.717) is 17.0 Å². The fourth-order valence-corrected chi connectivity index (χ4v) is 2.78. The zero-order chi connectivity index (χ0) is 13.8. The molecule has 1 aliphatic rings. The van der Waals surface area contributed by atoms with Gasteiger partial charge in [-0.1, -0.05) is 0 Å². The number of aromatic amines is 1. The highest BCUT2D eigenvalue weighted by Crippen LogP contribution is 2.44. The number of nitrogens with zero attached hydrogens (tertiary/aromatic N) is 1. The van der Waals surface area contributed by atoms with Gasteiger partial charge in [0.25, 0.3) is 0 Å². The van der Waals surface area contributed by atoms with Crippen LogP contribution in [0, 0.1) is 5.92 Å². The van der Waals surface area contributed by atoms with Gasteiger partial charge in [-0.25, -0.2) is 9.59 Å². The molecule has 0 saturated heterocycles. The van der Waals surface area contributed by atoms with Crippen molar-refractivity contribution in [3.05, 3.63) is 34.2 Å². The Morgan fingerprint density at radius 1 is 1.42 bits per heavy atom. The second-order valence-corrected chi connectivity index (χ2v) is 5.73. The summed E-state index contributed by atoms with van der Waals surface area (Å²) in [6.45, 7) is 4.07. The lowest BCUT2D eigenvalue weighted by atomic mass is 9.98. The average Bonchev–Trinajstić information content (AvgIpc) is 3.11. The third kappa shape index (κ3) is 1.77. The minimum Gasteiger partial charge on any atom is -0.478 e. The molecule has 1 saturated carbocycles. The van der Waals surface area contributed by atoms with Crippen LogP contribution in [0.2, 0.25) is 0 Å². The van der Waals surface area contributed by atoms with E-state index >= 15 is 0 Å². The SMILES string of the molecule is CC(C)(C1CC1)n1c(=O)[nH]c2ccc(C(=O)O)cc21. The van der Waals surface area contributed by atoms with Crippen LogP contribution in [-0.2, 0) is 5.54 Å². The molecule has 1 aromatic heterocycles. The zero-order valence-corrected chi connectivity index (χ0v) is 10.9. The van der Waals surface area contributed by atoms with Crippen LogP contribution in [0.4, 0.5) is 0 Å². The molecule has 0 atom stereocenters. The number of hydrogen-bond acceptors (Lipinski definition) is 2.